The smallest absolute Gasteiger partial charge is 0.165 e. The monoisotopic (exact) mass is 497 g/mol. The summed E-state index contributed by atoms with van der Waals surface area (Å²) in [6, 6.07) is 22.2. The molecule has 1 saturated heterocycles. The van der Waals surface area contributed by atoms with Gasteiger partial charge in [0.2, 0.25) is 0 Å². The van der Waals surface area contributed by atoms with E-state index in [0.29, 0.717) is 6.61 Å². The molecule has 190 valence electrons. The van der Waals surface area contributed by atoms with Gasteiger partial charge in [0.1, 0.15) is 18.1 Å². The molecule has 0 spiro atoms. The van der Waals surface area contributed by atoms with Crippen molar-refractivity contribution in [2.45, 2.75) is 25.2 Å². The number of rotatable bonds is 7. The maximum atomic E-state index is 15.0. The number of methoxy groups -OCH3 is 2. The highest BCUT2D eigenvalue weighted by Crippen LogP contribution is 2.52. The molecule has 37 heavy (non-hydrogen) atoms. The number of piperidine rings is 1. The lowest BCUT2D eigenvalue weighted by Gasteiger charge is -2.26. The van der Waals surface area contributed by atoms with E-state index in [1.165, 1.54) is 45.0 Å². The van der Waals surface area contributed by atoms with E-state index in [0.717, 1.165) is 51.1 Å². The van der Waals surface area contributed by atoms with E-state index in [-0.39, 0.29) is 17.5 Å². The predicted octanol–water partition coefficient (Wildman–Crippen LogP) is 7.02. The van der Waals surface area contributed by atoms with E-state index in [1.54, 1.807) is 13.2 Å². The van der Waals surface area contributed by atoms with Gasteiger partial charge in [0.25, 0.3) is 0 Å². The lowest BCUT2D eigenvalue weighted by Crippen LogP contribution is -2.33. The Morgan fingerprint density at radius 1 is 0.811 bits per heavy atom. The highest BCUT2D eigenvalue weighted by Gasteiger charge is 2.33. The second kappa shape index (κ2) is 10.1. The summed E-state index contributed by atoms with van der Waals surface area (Å²) in [6.45, 7) is 3.99. The Morgan fingerprint density at radius 3 is 2.35 bits per heavy atom. The Morgan fingerprint density at radius 2 is 1.59 bits per heavy atom. The minimum Gasteiger partial charge on any atom is -0.497 e. The first-order chi connectivity index (χ1) is 18.2. The van der Waals surface area contributed by atoms with Crippen LogP contribution < -0.4 is 14.2 Å². The van der Waals surface area contributed by atoms with Crippen molar-refractivity contribution in [1.82, 2.24) is 4.90 Å². The lowest BCUT2D eigenvalue weighted by molar-refractivity contribution is 0.183. The van der Waals surface area contributed by atoms with Gasteiger partial charge in [0, 0.05) is 12.5 Å². The van der Waals surface area contributed by atoms with Crippen molar-refractivity contribution >= 4 is 10.8 Å². The number of ether oxygens (including phenoxy) is 3. The molecule has 1 unspecified atom stereocenters. The number of nitrogens with zero attached hydrogens (tertiary/aromatic N) is 1. The number of benzene rings is 4. The van der Waals surface area contributed by atoms with Crippen molar-refractivity contribution in [2.75, 3.05) is 40.5 Å². The maximum Gasteiger partial charge on any atom is 0.165 e. The van der Waals surface area contributed by atoms with Crippen LogP contribution in [0, 0.1) is 5.82 Å². The minimum absolute atomic E-state index is 0.0927. The van der Waals surface area contributed by atoms with Crippen LogP contribution in [0.1, 0.15) is 41.9 Å². The first-order valence-electron chi connectivity index (χ1n) is 13.1. The molecule has 0 radical (unpaired) electrons. The lowest BCUT2D eigenvalue weighted by atomic mass is 9.86. The van der Waals surface area contributed by atoms with Gasteiger partial charge in [-0.3, -0.25) is 4.90 Å². The third-order valence-electron chi connectivity index (χ3n) is 7.82. The fourth-order valence-corrected chi connectivity index (χ4v) is 5.94. The van der Waals surface area contributed by atoms with Crippen LogP contribution in [-0.2, 0) is 0 Å². The fourth-order valence-electron chi connectivity index (χ4n) is 5.94. The number of likely N-dealkylation sites (tertiary alicyclic amines) is 1. The molecule has 4 aromatic rings. The molecule has 1 heterocycles. The fraction of sp³-hybridized carbons (Fsp3) is 0.312. The molecule has 5 heteroatoms. The largest absolute Gasteiger partial charge is 0.497 e. The standard InChI is InChI=1S/C32H32FNO3/c1-35-24-11-13-25-22(18-24)8-12-26-27-20-30(36-2)29(33)19-28(27)31(32(25)26)21-6-9-23(10-7-21)37-17-16-34-14-4-3-5-15-34/h6-13,18-20,31H,3-5,14-17H2,1-2H3. The molecule has 1 aliphatic heterocycles. The van der Waals surface area contributed by atoms with Crippen LogP contribution in [0.5, 0.6) is 17.2 Å². The summed E-state index contributed by atoms with van der Waals surface area (Å²) in [4.78, 5) is 2.48. The Labute approximate surface area is 217 Å². The van der Waals surface area contributed by atoms with E-state index in [2.05, 4.69) is 41.3 Å². The third kappa shape index (κ3) is 4.42. The van der Waals surface area contributed by atoms with E-state index >= 15 is 0 Å². The molecule has 4 aromatic carbocycles. The summed E-state index contributed by atoms with van der Waals surface area (Å²) in [7, 11) is 3.19. The molecule has 0 amide bonds. The summed E-state index contributed by atoms with van der Waals surface area (Å²) >= 11 is 0. The highest BCUT2D eigenvalue weighted by molar-refractivity contribution is 5.98. The summed E-state index contributed by atoms with van der Waals surface area (Å²) in [5.74, 6) is 1.51. The van der Waals surface area contributed by atoms with Crippen LogP contribution >= 0.6 is 0 Å². The number of halogens is 1. The van der Waals surface area contributed by atoms with Gasteiger partial charge in [-0.15, -0.1) is 0 Å². The zero-order chi connectivity index (χ0) is 25.4. The van der Waals surface area contributed by atoms with Crippen molar-refractivity contribution in [3.05, 3.63) is 89.2 Å². The van der Waals surface area contributed by atoms with Crippen LogP contribution in [0.25, 0.3) is 21.9 Å². The maximum absolute atomic E-state index is 15.0. The Kier molecular flexibility index (Phi) is 6.47. The average molecular weight is 498 g/mol. The van der Waals surface area contributed by atoms with Crippen molar-refractivity contribution in [3.8, 4) is 28.4 Å². The summed E-state index contributed by atoms with van der Waals surface area (Å²) in [5.41, 5.74) is 5.36. The molecule has 0 aromatic heterocycles. The average Bonchev–Trinajstić information content (AvgIpc) is 3.26. The highest BCUT2D eigenvalue weighted by atomic mass is 19.1. The number of hydrogen-bond donors (Lipinski definition) is 0. The van der Waals surface area contributed by atoms with Gasteiger partial charge in [0.15, 0.2) is 11.6 Å². The van der Waals surface area contributed by atoms with E-state index in [4.69, 9.17) is 14.2 Å². The second-order valence-corrected chi connectivity index (χ2v) is 9.94. The molecule has 4 nitrogen and oxygen atoms in total. The normalized spacial score (nSPS) is 16.9. The topological polar surface area (TPSA) is 30.9 Å². The van der Waals surface area contributed by atoms with Crippen molar-refractivity contribution in [3.63, 3.8) is 0 Å². The number of hydrogen-bond acceptors (Lipinski definition) is 4. The van der Waals surface area contributed by atoms with Crippen molar-refractivity contribution in [1.29, 1.82) is 0 Å². The van der Waals surface area contributed by atoms with Crippen LogP contribution in [0.2, 0.25) is 0 Å². The zero-order valence-electron chi connectivity index (χ0n) is 21.4. The third-order valence-corrected chi connectivity index (χ3v) is 7.82. The summed E-state index contributed by atoms with van der Waals surface area (Å²) < 4.78 is 31.8. The van der Waals surface area contributed by atoms with E-state index in [1.807, 2.05) is 24.3 Å². The van der Waals surface area contributed by atoms with Crippen LogP contribution in [0.15, 0.2) is 66.7 Å². The molecule has 6 rings (SSSR count). The van der Waals surface area contributed by atoms with Crippen molar-refractivity contribution < 1.29 is 18.6 Å². The minimum atomic E-state index is -0.345. The zero-order valence-corrected chi connectivity index (χ0v) is 21.4. The van der Waals surface area contributed by atoms with Gasteiger partial charge in [-0.1, -0.05) is 36.8 Å². The van der Waals surface area contributed by atoms with Gasteiger partial charge in [0.05, 0.1) is 14.2 Å². The molecular formula is C32H32FNO3. The molecule has 0 N–H and O–H groups in total. The molecule has 1 atom stereocenters. The van der Waals surface area contributed by atoms with Gasteiger partial charge in [-0.25, -0.2) is 4.39 Å². The molecule has 2 aliphatic rings. The molecule has 0 saturated carbocycles. The van der Waals surface area contributed by atoms with Crippen LogP contribution in [-0.4, -0.2) is 45.4 Å². The Bertz CT molecular complexity index is 1430. The Balaban J connectivity index is 1.36. The van der Waals surface area contributed by atoms with Crippen molar-refractivity contribution in [2.24, 2.45) is 0 Å². The van der Waals surface area contributed by atoms with E-state index < -0.39 is 0 Å². The van der Waals surface area contributed by atoms with Gasteiger partial charge < -0.3 is 14.2 Å². The van der Waals surface area contributed by atoms with Gasteiger partial charge in [-0.2, -0.15) is 0 Å². The summed E-state index contributed by atoms with van der Waals surface area (Å²) in [5, 5.41) is 2.24. The first-order valence-corrected chi connectivity index (χ1v) is 13.1. The SMILES string of the molecule is COc1ccc2c3c(ccc2c1)-c1cc(OC)c(F)cc1C3c1ccc(OCCN2CCCCC2)cc1. The second-order valence-electron chi connectivity index (χ2n) is 9.94. The molecule has 0 bridgehead atoms. The summed E-state index contributed by atoms with van der Waals surface area (Å²) in [6.07, 6.45) is 3.91. The quantitative estimate of drug-likeness (QED) is 0.242. The first kappa shape index (κ1) is 23.8. The van der Waals surface area contributed by atoms with Crippen LogP contribution in [0.4, 0.5) is 4.39 Å². The number of fused-ring (bicyclic) bond motifs is 5. The molecular weight excluding hydrogens is 465 g/mol. The molecule has 1 aliphatic carbocycles. The van der Waals surface area contributed by atoms with Gasteiger partial charge in [-0.05, 0) is 101 Å². The van der Waals surface area contributed by atoms with Gasteiger partial charge >= 0.3 is 0 Å². The van der Waals surface area contributed by atoms with Crippen LogP contribution in [0.3, 0.4) is 0 Å². The molecule has 1 fully saturated rings. The Hall–Kier alpha value is -3.57. The predicted molar refractivity (Wildman–Crippen MR) is 146 cm³/mol. The van der Waals surface area contributed by atoms with E-state index in [9.17, 15) is 4.39 Å².